The zero-order valence-corrected chi connectivity index (χ0v) is 19.9. The number of ether oxygens (including phenoxy) is 1. The van der Waals surface area contributed by atoms with Gasteiger partial charge in [0.2, 0.25) is 0 Å². The summed E-state index contributed by atoms with van der Waals surface area (Å²) in [5.41, 5.74) is 1.40. The average Bonchev–Trinajstić information content (AvgIpc) is 2.82. The van der Waals surface area contributed by atoms with Crippen LogP contribution in [-0.2, 0) is 16.4 Å². The Kier molecular flexibility index (Phi) is 7.93. The maximum Gasteiger partial charge on any atom is 0.256 e. The number of hydrogen-bond acceptors (Lipinski definition) is 6. The van der Waals surface area contributed by atoms with Crippen LogP contribution in [0.4, 0.5) is 0 Å². The Bertz CT molecular complexity index is 1170. The van der Waals surface area contributed by atoms with Crippen molar-refractivity contribution in [1.82, 2.24) is 9.88 Å². The number of amides is 1. The molecule has 3 aromatic rings. The number of aromatic nitrogens is 1. The molecule has 0 aliphatic rings. The Morgan fingerprint density at radius 1 is 1.09 bits per heavy atom. The van der Waals surface area contributed by atoms with Gasteiger partial charge in [-0.3, -0.25) is 4.79 Å². The zero-order chi connectivity index (χ0) is 23.1. The molecule has 0 N–H and O–H groups in total. The second-order valence-corrected chi connectivity index (χ2v) is 10.7. The van der Waals surface area contributed by atoms with Gasteiger partial charge in [0.05, 0.1) is 22.8 Å². The van der Waals surface area contributed by atoms with Crippen molar-refractivity contribution in [3.8, 4) is 5.75 Å². The highest BCUT2D eigenvalue weighted by Crippen LogP contribution is 2.26. The van der Waals surface area contributed by atoms with Gasteiger partial charge in [-0.1, -0.05) is 30.3 Å². The number of thioether (sulfide) groups is 1. The number of nitrogens with zero attached hydrogens (tertiary/aromatic N) is 2. The standard InChI is InChI=1S/C24H26N2O4S2/c1-18(32(28,29)21-11-5-4-6-12-21)17-31-23-22(13-8-14-25-23)24(27)26(2)16-19-9-7-10-20(15-19)30-3/h4-15,18H,16-17H2,1-3H3. The van der Waals surface area contributed by atoms with Crippen LogP contribution in [0.2, 0.25) is 0 Å². The number of pyridine rings is 1. The molecule has 168 valence electrons. The molecule has 1 unspecified atom stereocenters. The van der Waals surface area contributed by atoms with Gasteiger partial charge in [-0.15, -0.1) is 11.8 Å². The van der Waals surface area contributed by atoms with E-state index in [4.69, 9.17) is 4.74 Å². The first-order chi connectivity index (χ1) is 15.3. The maximum absolute atomic E-state index is 13.1. The van der Waals surface area contributed by atoms with E-state index in [9.17, 15) is 13.2 Å². The van der Waals surface area contributed by atoms with E-state index in [-0.39, 0.29) is 11.7 Å². The van der Waals surface area contributed by atoms with Crippen molar-refractivity contribution in [2.24, 2.45) is 0 Å². The molecule has 1 aromatic heterocycles. The van der Waals surface area contributed by atoms with Crippen LogP contribution in [-0.4, -0.2) is 49.4 Å². The summed E-state index contributed by atoms with van der Waals surface area (Å²) in [5.74, 6) is 0.838. The minimum absolute atomic E-state index is 0.179. The first-order valence-corrected chi connectivity index (χ1v) is 12.6. The number of carbonyl (C=O) groups excluding carboxylic acids is 1. The second-order valence-electron chi connectivity index (χ2n) is 7.35. The summed E-state index contributed by atoms with van der Waals surface area (Å²) in [6.07, 6.45) is 1.61. The third kappa shape index (κ3) is 5.69. The van der Waals surface area contributed by atoms with Gasteiger partial charge < -0.3 is 9.64 Å². The molecule has 8 heteroatoms. The smallest absolute Gasteiger partial charge is 0.256 e. The Balaban J connectivity index is 1.71. The van der Waals surface area contributed by atoms with Gasteiger partial charge in [-0.25, -0.2) is 13.4 Å². The first-order valence-electron chi connectivity index (χ1n) is 10.1. The molecule has 0 saturated heterocycles. The predicted octanol–water partition coefficient (Wildman–Crippen LogP) is 4.32. The molecule has 32 heavy (non-hydrogen) atoms. The van der Waals surface area contributed by atoms with E-state index in [1.54, 1.807) is 74.6 Å². The highest BCUT2D eigenvalue weighted by atomic mass is 32.2. The van der Waals surface area contributed by atoms with Crippen molar-refractivity contribution in [2.45, 2.75) is 28.6 Å². The first kappa shape index (κ1) is 23.8. The molecule has 0 aliphatic carbocycles. The molecular formula is C24H26N2O4S2. The minimum atomic E-state index is -3.46. The summed E-state index contributed by atoms with van der Waals surface area (Å²) in [6, 6.07) is 19.4. The molecule has 6 nitrogen and oxygen atoms in total. The molecule has 1 atom stereocenters. The van der Waals surface area contributed by atoms with E-state index in [0.717, 1.165) is 11.3 Å². The molecule has 0 bridgehead atoms. The van der Waals surface area contributed by atoms with Gasteiger partial charge in [0.25, 0.3) is 5.91 Å². The van der Waals surface area contributed by atoms with Crippen LogP contribution < -0.4 is 4.74 Å². The van der Waals surface area contributed by atoms with Crippen molar-refractivity contribution in [3.05, 3.63) is 84.1 Å². The van der Waals surface area contributed by atoms with Crippen molar-refractivity contribution in [1.29, 1.82) is 0 Å². The molecule has 1 amide bonds. The van der Waals surface area contributed by atoms with Gasteiger partial charge in [0.15, 0.2) is 9.84 Å². The molecule has 2 aromatic carbocycles. The molecule has 0 saturated carbocycles. The third-order valence-electron chi connectivity index (χ3n) is 4.96. The summed E-state index contributed by atoms with van der Waals surface area (Å²) >= 11 is 1.28. The Morgan fingerprint density at radius 3 is 2.56 bits per heavy atom. The van der Waals surface area contributed by atoms with Crippen molar-refractivity contribution >= 4 is 27.5 Å². The number of rotatable bonds is 9. The lowest BCUT2D eigenvalue weighted by Gasteiger charge is -2.19. The second kappa shape index (κ2) is 10.7. The minimum Gasteiger partial charge on any atom is -0.497 e. The Labute approximate surface area is 193 Å². The fourth-order valence-corrected chi connectivity index (χ4v) is 5.88. The lowest BCUT2D eigenvalue weighted by molar-refractivity contribution is 0.0780. The molecule has 0 spiro atoms. The quantitative estimate of drug-likeness (QED) is 0.434. The normalized spacial score (nSPS) is 12.2. The van der Waals surface area contributed by atoms with E-state index in [0.29, 0.717) is 22.0 Å². The van der Waals surface area contributed by atoms with Crippen LogP contribution in [0, 0.1) is 0 Å². The van der Waals surface area contributed by atoms with Crippen LogP contribution in [0.3, 0.4) is 0 Å². The van der Waals surface area contributed by atoms with Crippen LogP contribution in [0.1, 0.15) is 22.8 Å². The van der Waals surface area contributed by atoms with Crippen LogP contribution in [0.25, 0.3) is 0 Å². The fraction of sp³-hybridized carbons (Fsp3) is 0.250. The monoisotopic (exact) mass is 470 g/mol. The van der Waals surface area contributed by atoms with Crippen LogP contribution in [0.15, 0.2) is 82.8 Å². The maximum atomic E-state index is 13.1. The van der Waals surface area contributed by atoms with Crippen molar-refractivity contribution < 1.29 is 17.9 Å². The van der Waals surface area contributed by atoms with Gasteiger partial charge in [-0.05, 0) is 48.9 Å². The zero-order valence-electron chi connectivity index (χ0n) is 18.3. The Hall–Kier alpha value is -2.84. The summed E-state index contributed by atoms with van der Waals surface area (Å²) in [4.78, 5) is 19.4. The van der Waals surface area contributed by atoms with Gasteiger partial charge in [0.1, 0.15) is 10.8 Å². The van der Waals surface area contributed by atoms with Crippen LogP contribution in [0.5, 0.6) is 5.75 Å². The van der Waals surface area contributed by atoms with Gasteiger partial charge in [-0.2, -0.15) is 0 Å². The average molecular weight is 471 g/mol. The third-order valence-corrected chi connectivity index (χ3v) is 8.59. The number of methoxy groups -OCH3 is 1. The molecule has 3 rings (SSSR count). The Morgan fingerprint density at radius 2 is 1.84 bits per heavy atom. The largest absolute Gasteiger partial charge is 0.497 e. The summed E-state index contributed by atoms with van der Waals surface area (Å²) in [7, 11) is -0.131. The van der Waals surface area contributed by atoms with Crippen molar-refractivity contribution in [3.63, 3.8) is 0 Å². The van der Waals surface area contributed by atoms with E-state index in [2.05, 4.69) is 4.98 Å². The highest BCUT2D eigenvalue weighted by molar-refractivity contribution is 8.00. The molecule has 0 radical (unpaired) electrons. The van der Waals surface area contributed by atoms with E-state index in [1.165, 1.54) is 11.8 Å². The number of hydrogen-bond donors (Lipinski definition) is 0. The lowest BCUT2D eigenvalue weighted by atomic mass is 10.2. The van der Waals surface area contributed by atoms with Crippen LogP contribution >= 0.6 is 11.8 Å². The summed E-state index contributed by atoms with van der Waals surface area (Å²) in [5, 5.41) is -0.112. The summed E-state index contributed by atoms with van der Waals surface area (Å²) in [6.45, 7) is 2.09. The summed E-state index contributed by atoms with van der Waals surface area (Å²) < 4.78 is 30.9. The number of benzene rings is 2. The molecular weight excluding hydrogens is 444 g/mol. The van der Waals surface area contributed by atoms with E-state index in [1.807, 2.05) is 24.3 Å². The number of carbonyl (C=O) groups is 1. The van der Waals surface area contributed by atoms with Gasteiger partial charge in [0, 0.05) is 25.5 Å². The SMILES string of the molecule is COc1cccc(CN(C)C(=O)c2cccnc2SCC(C)S(=O)(=O)c2ccccc2)c1. The highest BCUT2D eigenvalue weighted by Gasteiger charge is 2.25. The predicted molar refractivity (Wildman–Crippen MR) is 127 cm³/mol. The van der Waals surface area contributed by atoms with Gasteiger partial charge >= 0.3 is 0 Å². The topological polar surface area (TPSA) is 76.6 Å². The lowest BCUT2D eigenvalue weighted by Crippen LogP contribution is -2.27. The fourth-order valence-electron chi connectivity index (χ4n) is 3.12. The van der Waals surface area contributed by atoms with Crippen molar-refractivity contribution in [2.75, 3.05) is 19.9 Å². The molecule has 1 heterocycles. The number of sulfone groups is 1. The molecule has 0 aliphatic heterocycles. The van der Waals surface area contributed by atoms with E-state index >= 15 is 0 Å². The molecule has 0 fully saturated rings. The van der Waals surface area contributed by atoms with E-state index < -0.39 is 15.1 Å².